The molecule has 19 heavy (non-hydrogen) atoms. The summed E-state index contributed by atoms with van der Waals surface area (Å²) in [7, 11) is 4.24. The molecule has 1 heterocycles. The molecule has 0 aliphatic carbocycles. The van der Waals surface area contributed by atoms with Crippen LogP contribution < -0.4 is 15.1 Å². The van der Waals surface area contributed by atoms with Gasteiger partial charge in [-0.25, -0.2) is 0 Å². The molecule has 3 heteroatoms. The number of para-hydroxylation sites is 2. The molecule has 106 valence electrons. The first-order chi connectivity index (χ1) is 9.13. The highest BCUT2D eigenvalue weighted by Crippen LogP contribution is 2.29. The molecule has 0 bridgehead atoms. The monoisotopic (exact) mass is 261 g/mol. The van der Waals surface area contributed by atoms with Gasteiger partial charge in [-0.05, 0) is 18.1 Å². The fraction of sp³-hybridized carbons (Fsp3) is 0.625. The van der Waals surface area contributed by atoms with E-state index < -0.39 is 0 Å². The number of nitrogens with zero attached hydrogens (tertiary/aromatic N) is 2. The molecule has 1 aliphatic heterocycles. The molecule has 1 aliphatic rings. The lowest BCUT2D eigenvalue weighted by Crippen LogP contribution is -2.53. The van der Waals surface area contributed by atoms with E-state index in [0.29, 0.717) is 6.04 Å². The van der Waals surface area contributed by atoms with Crippen LogP contribution in [0.3, 0.4) is 0 Å². The van der Waals surface area contributed by atoms with E-state index in [1.807, 2.05) is 0 Å². The van der Waals surface area contributed by atoms with Crippen molar-refractivity contribution >= 4 is 11.4 Å². The summed E-state index contributed by atoms with van der Waals surface area (Å²) in [5.74, 6) is 0.731. The number of hydrogen-bond donors (Lipinski definition) is 1. The molecule has 0 saturated carbocycles. The number of rotatable bonds is 4. The Balaban J connectivity index is 2.17. The summed E-state index contributed by atoms with van der Waals surface area (Å²) in [5, 5.41) is 3.66. The second-order valence-corrected chi connectivity index (χ2v) is 5.78. The van der Waals surface area contributed by atoms with E-state index in [2.05, 4.69) is 67.3 Å². The van der Waals surface area contributed by atoms with Crippen LogP contribution in [0.4, 0.5) is 11.4 Å². The first-order valence-electron chi connectivity index (χ1n) is 7.38. The van der Waals surface area contributed by atoms with E-state index in [9.17, 15) is 0 Å². The Morgan fingerprint density at radius 1 is 1.37 bits per heavy atom. The predicted molar refractivity (Wildman–Crippen MR) is 84.2 cm³/mol. The molecular formula is C16H27N3. The van der Waals surface area contributed by atoms with E-state index in [1.165, 1.54) is 17.8 Å². The minimum absolute atomic E-state index is 0.606. The van der Waals surface area contributed by atoms with Gasteiger partial charge in [0.15, 0.2) is 0 Å². The van der Waals surface area contributed by atoms with Crippen LogP contribution in [-0.4, -0.2) is 39.8 Å². The highest BCUT2D eigenvalue weighted by molar-refractivity contribution is 5.71. The maximum atomic E-state index is 3.66. The largest absolute Gasteiger partial charge is 0.376 e. The van der Waals surface area contributed by atoms with Crippen molar-refractivity contribution in [3.63, 3.8) is 0 Å². The van der Waals surface area contributed by atoms with Crippen LogP contribution >= 0.6 is 0 Å². The average Bonchev–Trinajstić information content (AvgIpc) is 2.46. The molecule has 0 radical (unpaired) electrons. The summed E-state index contributed by atoms with van der Waals surface area (Å²) in [6, 6.07) is 9.31. The van der Waals surface area contributed by atoms with Crippen molar-refractivity contribution in [2.45, 2.75) is 26.3 Å². The van der Waals surface area contributed by atoms with E-state index in [1.54, 1.807) is 0 Å². The standard InChI is InChI=1S/C16H27N3/c1-5-13(2)14-12-19(11-10-17-14)16-9-7-6-8-15(16)18(3)4/h6-9,13-14,17H,5,10-12H2,1-4H3. The molecule has 3 nitrogen and oxygen atoms in total. The van der Waals surface area contributed by atoms with Gasteiger partial charge >= 0.3 is 0 Å². The van der Waals surface area contributed by atoms with Crippen molar-refractivity contribution in [1.29, 1.82) is 0 Å². The molecule has 1 saturated heterocycles. The van der Waals surface area contributed by atoms with Crippen LogP contribution in [0.15, 0.2) is 24.3 Å². The zero-order valence-electron chi connectivity index (χ0n) is 12.7. The van der Waals surface area contributed by atoms with Gasteiger partial charge in [0.2, 0.25) is 0 Å². The molecule has 1 aromatic rings. The third kappa shape index (κ3) is 3.21. The summed E-state index contributed by atoms with van der Waals surface area (Å²) < 4.78 is 0. The van der Waals surface area contributed by atoms with Crippen molar-refractivity contribution in [3.05, 3.63) is 24.3 Å². The van der Waals surface area contributed by atoms with E-state index in [4.69, 9.17) is 0 Å². The third-order valence-corrected chi connectivity index (χ3v) is 4.24. The van der Waals surface area contributed by atoms with Crippen LogP contribution in [0.2, 0.25) is 0 Å². The summed E-state index contributed by atoms with van der Waals surface area (Å²) in [5.41, 5.74) is 2.68. The molecule has 2 atom stereocenters. The summed E-state index contributed by atoms with van der Waals surface area (Å²) in [6.07, 6.45) is 1.24. The van der Waals surface area contributed by atoms with Gasteiger partial charge in [0.1, 0.15) is 0 Å². The predicted octanol–water partition coefficient (Wildman–Crippen LogP) is 2.58. The lowest BCUT2D eigenvalue weighted by Gasteiger charge is -2.39. The van der Waals surface area contributed by atoms with Gasteiger partial charge in [0, 0.05) is 39.8 Å². The Bertz CT molecular complexity index is 403. The van der Waals surface area contributed by atoms with Gasteiger partial charge in [-0.3, -0.25) is 0 Å². The first kappa shape index (κ1) is 14.2. The highest BCUT2D eigenvalue weighted by atomic mass is 15.2. The van der Waals surface area contributed by atoms with Crippen molar-refractivity contribution in [3.8, 4) is 0 Å². The molecule has 0 aromatic heterocycles. The molecule has 2 unspecified atom stereocenters. The van der Waals surface area contributed by atoms with Crippen molar-refractivity contribution < 1.29 is 0 Å². The second-order valence-electron chi connectivity index (χ2n) is 5.78. The molecule has 2 rings (SSSR count). The summed E-state index contributed by atoms with van der Waals surface area (Å²) >= 11 is 0. The molecule has 1 aromatic carbocycles. The number of anilines is 2. The van der Waals surface area contributed by atoms with Crippen LogP contribution in [0.5, 0.6) is 0 Å². The van der Waals surface area contributed by atoms with Crippen LogP contribution in [0.25, 0.3) is 0 Å². The van der Waals surface area contributed by atoms with Gasteiger partial charge in [0.25, 0.3) is 0 Å². The quantitative estimate of drug-likeness (QED) is 0.898. The average molecular weight is 261 g/mol. The minimum atomic E-state index is 0.606. The normalized spacial score (nSPS) is 21.3. The maximum Gasteiger partial charge on any atom is 0.0604 e. The topological polar surface area (TPSA) is 18.5 Å². The Hall–Kier alpha value is -1.22. The molecule has 1 N–H and O–H groups in total. The van der Waals surface area contributed by atoms with E-state index >= 15 is 0 Å². The fourth-order valence-electron chi connectivity index (χ4n) is 2.77. The Labute approximate surface area is 117 Å². The Kier molecular flexibility index (Phi) is 4.70. The van der Waals surface area contributed by atoms with Crippen molar-refractivity contribution in [1.82, 2.24) is 5.32 Å². The molecule has 0 spiro atoms. The van der Waals surface area contributed by atoms with Crippen LogP contribution in [0, 0.1) is 5.92 Å². The van der Waals surface area contributed by atoms with Gasteiger partial charge < -0.3 is 15.1 Å². The number of nitrogens with one attached hydrogen (secondary N) is 1. The van der Waals surface area contributed by atoms with Gasteiger partial charge in [0.05, 0.1) is 11.4 Å². The highest BCUT2D eigenvalue weighted by Gasteiger charge is 2.24. The zero-order chi connectivity index (χ0) is 13.8. The van der Waals surface area contributed by atoms with E-state index in [-0.39, 0.29) is 0 Å². The second kappa shape index (κ2) is 6.29. The minimum Gasteiger partial charge on any atom is -0.376 e. The molecular weight excluding hydrogens is 234 g/mol. The summed E-state index contributed by atoms with van der Waals surface area (Å²) in [6.45, 7) is 7.91. The zero-order valence-corrected chi connectivity index (χ0v) is 12.7. The number of hydrogen-bond acceptors (Lipinski definition) is 3. The van der Waals surface area contributed by atoms with Crippen molar-refractivity contribution in [2.24, 2.45) is 5.92 Å². The van der Waals surface area contributed by atoms with Crippen LogP contribution in [-0.2, 0) is 0 Å². The van der Waals surface area contributed by atoms with Gasteiger partial charge in [-0.1, -0.05) is 32.4 Å². The molecule has 1 fully saturated rings. The number of piperazine rings is 1. The maximum absolute atomic E-state index is 3.66. The van der Waals surface area contributed by atoms with Crippen molar-refractivity contribution in [2.75, 3.05) is 43.5 Å². The molecule has 0 amide bonds. The van der Waals surface area contributed by atoms with Gasteiger partial charge in [-0.2, -0.15) is 0 Å². The first-order valence-corrected chi connectivity index (χ1v) is 7.38. The Morgan fingerprint density at radius 2 is 2.11 bits per heavy atom. The smallest absolute Gasteiger partial charge is 0.0604 e. The lowest BCUT2D eigenvalue weighted by molar-refractivity contribution is 0.342. The summed E-state index contributed by atoms with van der Waals surface area (Å²) in [4.78, 5) is 4.73. The third-order valence-electron chi connectivity index (χ3n) is 4.24. The van der Waals surface area contributed by atoms with Gasteiger partial charge in [-0.15, -0.1) is 0 Å². The van der Waals surface area contributed by atoms with E-state index in [0.717, 1.165) is 25.6 Å². The number of benzene rings is 1. The van der Waals surface area contributed by atoms with Crippen LogP contribution in [0.1, 0.15) is 20.3 Å². The SMILES string of the molecule is CCC(C)C1CN(c2ccccc2N(C)C)CCN1. The fourth-order valence-corrected chi connectivity index (χ4v) is 2.77. The lowest BCUT2D eigenvalue weighted by atomic mass is 9.97. The Morgan fingerprint density at radius 3 is 2.79 bits per heavy atom.